The van der Waals surface area contributed by atoms with Gasteiger partial charge in [-0.15, -0.1) is 0 Å². The molecule has 0 fully saturated rings. The van der Waals surface area contributed by atoms with E-state index in [-0.39, 0.29) is 5.91 Å². The predicted molar refractivity (Wildman–Crippen MR) is 97.0 cm³/mol. The molecule has 1 aromatic heterocycles. The number of anilines is 1. The second-order valence-electron chi connectivity index (χ2n) is 5.57. The molecule has 2 N–H and O–H groups in total. The largest absolute Gasteiger partial charge is 0.457 e. The van der Waals surface area contributed by atoms with E-state index in [1.807, 2.05) is 54.6 Å². The minimum absolute atomic E-state index is 0.197. The van der Waals surface area contributed by atoms with Gasteiger partial charge < -0.3 is 10.1 Å². The molecule has 0 unspecified atom stereocenters. The second-order valence-corrected chi connectivity index (χ2v) is 5.57. The van der Waals surface area contributed by atoms with E-state index in [0.29, 0.717) is 17.0 Å². The number of aromatic nitrogens is 2. The fraction of sp³-hybridized carbons (Fsp3) is 0. The van der Waals surface area contributed by atoms with Crippen LogP contribution in [0.3, 0.4) is 0 Å². The van der Waals surface area contributed by atoms with Crippen molar-refractivity contribution < 1.29 is 9.53 Å². The fourth-order valence-corrected chi connectivity index (χ4v) is 2.54. The van der Waals surface area contributed by atoms with E-state index in [9.17, 15) is 4.79 Å². The van der Waals surface area contributed by atoms with Crippen LogP contribution in [0.5, 0.6) is 11.5 Å². The maximum Gasteiger partial charge on any atom is 0.255 e. The summed E-state index contributed by atoms with van der Waals surface area (Å²) in [5.74, 6) is 1.14. The number of carbonyl (C=O) groups excluding carboxylic acids is 1. The highest BCUT2D eigenvalue weighted by atomic mass is 16.5. The van der Waals surface area contributed by atoms with E-state index in [2.05, 4.69) is 15.5 Å². The number of carbonyl (C=O) groups is 1. The molecule has 5 heteroatoms. The van der Waals surface area contributed by atoms with Crippen molar-refractivity contribution in [3.63, 3.8) is 0 Å². The molecule has 0 aliphatic rings. The van der Waals surface area contributed by atoms with E-state index in [0.717, 1.165) is 16.7 Å². The molecule has 0 saturated heterocycles. The van der Waals surface area contributed by atoms with E-state index in [4.69, 9.17) is 4.74 Å². The van der Waals surface area contributed by atoms with Gasteiger partial charge in [-0.05, 0) is 48.5 Å². The number of rotatable bonds is 4. The Bertz CT molecular complexity index is 1030. The van der Waals surface area contributed by atoms with Gasteiger partial charge >= 0.3 is 0 Å². The fourth-order valence-electron chi connectivity index (χ4n) is 2.54. The zero-order valence-corrected chi connectivity index (χ0v) is 13.3. The first-order valence-corrected chi connectivity index (χ1v) is 7.85. The molecule has 1 heterocycles. The summed E-state index contributed by atoms with van der Waals surface area (Å²) in [5, 5.41) is 10.8. The van der Waals surface area contributed by atoms with Crippen LogP contribution in [0, 0.1) is 0 Å². The SMILES string of the molecule is O=C(Nc1ccc2cn[nH]c2c1)c1cccc(Oc2ccccc2)c1. The number of fused-ring (bicyclic) bond motifs is 1. The minimum Gasteiger partial charge on any atom is -0.457 e. The standard InChI is InChI=1S/C20H15N3O2/c24-20(22-16-10-9-15-13-21-23-19(15)12-16)14-5-4-8-18(11-14)25-17-6-2-1-3-7-17/h1-13H,(H,21,23)(H,22,24). The van der Waals surface area contributed by atoms with Crippen LogP contribution in [0.15, 0.2) is 79.0 Å². The van der Waals surface area contributed by atoms with E-state index < -0.39 is 0 Å². The third-order valence-corrected chi connectivity index (χ3v) is 3.77. The lowest BCUT2D eigenvalue weighted by molar-refractivity contribution is 0.102. The van der Waals surface area contributed by atoms with Crippen molar-refractivity contribution in [2.24, 2.45) is 0 Å². The third-order valence-electron chi connectivity index (χ3n) is 3.77. The molecule has 0 aliphatic carbocycles. The summed E-state index contributed by atoms with van der Waals surface area (Å²) in [5.41, 5.74) is 2.10. The molecular formula is C20H15N3O2. The first kappa shape index (κ1) is 15.0. The van der Waals surface area contributed by atoms with E-state index in [1.54, 1.807) is 24.4 Å². The topological polar surface area (TPSA) is 67.0 Å². The zero-order chi connectivity index (χ0) is 17.1. The van der Waals surface area contributed by atoms with Gasteiger partial charge in [-0.2, -0.15) is 5.10 Å². The van der Waals surface area contributed by atoms with Crippen LogP contribution >= 0.6 is 0 Å². The predicted octanol–water partition coefficient (Wildman–Crippen LogP) is 4.61. The number of hydrogen-bond acceptors (Lipinski definition) is 3. The van der Waals surface area contributed by atoms with Gasteiger partial charge in [-0.3, -0.25) is 9.89 Å². The normalized spacial score (nSPS) is 10.6. The number of ether oxygens (including phenoxy) is 1. The first-order valence-electron chi connectivity index (χ1n) is 7.85. The molecular weight excluding hydrogens is 314 g/mol. The summed E-state index contributed by atoms with van der Waals surface area (Å²) in [6, 6.07) is 22.2. The third kappa shape index (κ3) is 3.35. The molecule has 122 valence electrons. The van der Waals surface area contributed by atoms with Crippen molar-refractivity contribution in [2.75, 3.05) is 5.32 Å². The molecule has 3 aromatic carbocycles. The van der Waals surface area contributed by atoms with Gasteiger partial charge in [-0.25, -0.2) is 0 Å². The van der Waals surface area contributed by atoms with Gasteiger partial charge in [0.25, 0.3) is 5.91 Å². The van der Waals surface area contributed by atoms with Crippen LogP contribution < -0.4 is 10.1 Å². The molecule has 0 bridgehead atoms. The highest BCUT2D eigenvalue weighted by Gasteiger charge is 2.08. The quantitative estimate of drug-likeness (QED) is 0.574. The highest BCUT2D eigenvalue weighted by molar-refractivity contribution is 6.05. The van der Waals surface area contributed by atoms with Crippen LogP contribution in [0.2, 0.25) is 0 Å². The molecule has 5 nitrogen and oxygen atoms in total. The summed E-state index contributed by atoms with van der Waals surface area (Å²) in [7, 11) is 0. The summed E-state index contributed by atoms with van der Waals surface area (Å²) in [6.07, 6.45) is 1.74. The summed E-state index contributed by atoms with van der Waals surface area (Å²) in [4.78, 5) is 12.5. The van der Waals surface area contributed by atoms with Gasteiger partial charge in [0.2, 0.25) is 0 Å². The van der Waals surface area contributed by atoms with Gasteiger partial charge in [0.05, 0.1) is 11.7 Å². The molecule has 4 aromatic rings. The second kappa shape index (κ2) is 6.49. The minimum atomic E-state index is -0.197. The van der Waals surface area contributed by atoms with Gasteiger partial charge in [0.15, 0.2) is 0 Å². The molecule has 0 atom stereocenters. The summed E-state index contributed by atoms with van der Waals surface area (Å²) < 4.78 is 5.77. The van der Waals surface area contributed by atoms with Crippen molar-refractivity contribution >= 4 is 22.5 Å². The Kier molecular flexibility index (Phi) is 3.88. The van der Waals surface area contributed by atoms with Crippen LogP contribution in [0.25, 0.3) is 10.9 Å². The molecule has 0 radical (unpaired) electrons. The lowest BCUT2D eigenvalue weighted by Gasteiger charge is -2.08. The van der Waals surface area contributed by atoms with Crippen LogP contribution in [0.1, 0.15) is 10.4 Å². The number of hydrogen-bond donors (Lipinski definition) is 2. The highest BCUT2D eigenvalue weighted by Crippen LogP contribution is 2.23. The lowest BCUT2D eigenvalue weighted by atomic mass is 10.2. The average molecular weight is 329 g/mol. The average Bonchev–Trinajstić information content (AvgIpc) is 3.10. The van der Waals surface area contributed by atoms with Gasteiger partial charge in [-0.1, -0.05) is 24.3 Å². The van der Waals surface area contributed by atoms with Crippen molar-refractivity contribution in [3.8, 4) is 11.5 Å². The monoisotopic (exact) mass is 329 g/mol. The number of amides is 1. The van der Waals surface area contributed by atoms with Crippen molar-refractivity contribution in [1.29, 1.82) is 0 Å². The zero-order valence-electron chi connectivity index (χ0n) is 13.3. The Morgan fingerprint density at radius 3 is 2.64 bits per heavy atom. The number of aromatic amines is 1. The Balaban J connectivity index is 1.52. The maximum atomic E-state index is 12.5. The maximum absolute atomic E-state index is 12.5. The molecule has 0 aliphatic heterocycles. The summed E-state index contributed by atoms with van der Waals surface area (Å²) >= 11 is 0. The smallest absolute Gasteiger partial charge is 0.255 e. The Morgan fingerprint density at radius 1 is 0.920 bits per heavy atom. The number of nitrogens with one attached hydrogen (secondary N) is 2. The molecule has 1 amide bonds. The lowest BCUT2D eigenvalue weighted by Crippen LogP contribution is -2.11. The van der Waals surface area contributed by atoms with Crippen molar-refractivity contribution in [1.82, 2.24) is 10.2 Å². The molecule has 0 spiro atoms. The molecule has 0 saturated carbocycles. The molecule has 4 rings (SSSR count). The van der Waals surface area contributed by atoms with Crippen LogP contribution in [0.4, 0.5) is 5.69 Å². The van der Waals surface area contributed by atoms with Crippen LogP contribution in [-0.2, 0) is 0 Å². The molecule has 25 heavy (non-hydrogen) atoms. The van der Waals surface area contributed by atoms with E-state index >= 15 is 0 Å². The Morgan fingerprint density at radius 2 is 1.76 bits per heavy atom. The van der Waals surface area contributed by atoms with E-state index in [1.165, 1.54) is 0 Å². The summed E-state index contributed by atoms with van der Waals surface area (Å²) in [6.45, 7) is 0. The number of nitrogens with zero attached hydrogens (tertiary/aromatic N) is 1. The van der Waals surface area contributed by atoms with Crippen molar-refractivity contribution in [3.05, 3.63) is 84.6 Å². The number of H-pyrrole nitrogens is 1. The Labute approximate surface area is 144 Å². The first-order chi connectivity index (χ1) is 12.3. The number of benzene rings is 3. The van der Waals surface area contributed by atoms with Crippen molar-refractivity contribution in [2.45, 2.75) is 0 Å². The van der Waals surface area contributed by atoms with Gasteiger partial charge in [0, 0.05) is 16.6 Å². The Hall–Kier alpha value is -3.60. The number of para-hydroxylation sites is 1. The van der Waals surface area contributed by atoms with Gasteiger partial charge in [0.1, 0.15) is 11.5 Å². The van der Waals surface area contributed by atoms with Crippen LogP contribution in [-0.4, -0.2) is 16.1 Å².